The van der Waals surface area contributed by atoms with E-state index in [1.54, 1.807) is 25.6 Å². The molecule has 1 saturated carbocycles. The molecule has 108 valence electrons. The molecule has 0 radical (unpaired) electrons. The summed E-state index contributed by atoms with van der Waals surface area (Å²) in [5.74, 6) is 2.77. The van der Waals surface area contributed by atoms with E-state index in [0.29, 0.717) is 11.7 Å². The van der Waals surface area contributed by atoms with E-state index < -0.39 is 0 Å². The van der Waals surface area contributed by atoms with Crippen molar-refractivity contribution in [1.82, 2.24) is 19.8 Å². The van der Waals surface area contributed by atoms with Crippen molar-refractivity contribution in [2.45, 2.75) is 18.8 Å². The molecule has 1 aliphatic rings. The molecule has 0 aliphatic heterocycles. The second kappa shape index (κ2) is 4.70. The van der Waals surface area contributed by atoms with Gasteiger partial charge in [0.25, 0.3) is 0 Å². The van der Waals surface area contributed by atoms with Crippen LogP contribution in [-0.4, -0.2) is 34.0 Å². The lowest BCUT2D eigenvalue weighted by molar-refractivity contribution is 0.394. The summed E-state index contributed by atoms with van der Waals surface area (Å²) in [6.45, 7) is 0. The minimum atomic E-state index is 0.615. The van der Waals surface area contributed by atoms with Gasteiger partial charge in [-0.25, -0.2) is 0 Å². The van der Waals surface area contributed by atoms with Crippen LogP contribution >= 0.6 is 11.3 Å². The number of methoxy groups -OCH3 is 2. The van der Waals surface area contributed by atoms with Crippen molar-refractivity contribution in [2.24, 2.45) is 0 Å². The fraction of sp³-hybridized carbons (Fsp3) is 0.357. The number of rotatable bonds is 4. The first-order valence-electron chi connectivity index (χ1n) is 6.74. The summed E-state index contributed by atoms with van der Waals surface area (Å²) in [6, 6.07) is 5.66. The Morgan fingerprint density at radius 2 is 1.81 bits per heavy atom. The molecule has 1 aliphatic carbocycles. The minimum Gasteiger partial charge on any atom is -0.497 e. The average Bonchev–Trinajstić information content (AvgIpc) is 3.16. The number of nitrogens with zero attached hydrogens (tertiary/aromatic N) is 4. The highest BCUT2D eigenvalue weighted by molar-refractivity contribution is 7.16. The molecule has 0 atom stereocenters. The fourth-order valence-corrected chi connectivity index (χ4v) is 3.25. The molecule has 0 N–H and O–H groups in total. The number of fused-ring (bicyclic) bond motifs is 1. The smallest absolute Gasteiger partial charge is 0.234 e. The average molecular weight is 302 g/mol. The van der Waals surface area contributed by atoms with Crippen molar-refractivity contribution in [2.75, 3.05) is 14.2 Å². The molecular weight excluding hydrogens is 288 g/mol. The van der Waals surface area contributed by atoms with Gasteiger partial charge < -0.3 is 9.47 Å². The molecule has 1 aromatic carbocycles. The normalized spacial score (nSPS) is 14.6. The first-order valence-corrected chi connectivity index (χ1v) is 7.55. The largest absolute Gasteiger partial charge is 0.497 e. The molecular formula is C14H14N4O2S. The number of benzene rings is 1. The van der Waals surface area contributed by atoms with Crippen LogP contribution in [0.2, 0.25) is 0 Å². The van der Waals surface area contributed by atoms with E-state index in [4.69, 9.17) is 9.47 Å². The maximum absolute atomic E-state index is 5.31. The molecule has 0 saturated heterocycles. The van der Waals surface area contributed by atoms with Gasteiger partial charge in [-0.05, 0) is 25.0 Å². The SMILES string of the molecule is COc1cc(OC)cc(-c2nnc3sc(C4CC4)nn23)c1. The molecule has 4 rings (SSSR count). The van der Waals surface area contributed by atoms with Gasteiger partial charge >= 0.3 is 0 Å². The van der Waals surface area contributed by atoms with Crippen molar-refractivity contribution < 1.29 is 9.47 Å². The van der Waals surface area contributed by atoms with Crippen LogP contribution < -0.4 is 9.47 Å². The molecule has 0 bridgehead atoms. The summed E-state index contributed by atoms with van der Waals surface area (Å²) in [6.07, 6.45) is 2.46. The second-order valence-electron chi connectivity index (χ2n) is 5.03. The molecule has 2 aromatic heterocycles. The van der Waals surface area contributed by atoms with Crippen LogP contribution in [-0.2, 0) is 0 Å². The number of aromatic nitrogens is 4. The third-order valence-electron chi connectivity index (χ3n) is 3.54. The second-order valence-corrected chi connectivity index (χ2v) is 6.02. The monoisotopic (exact) mass is 302 g/mol. The van der Waals surface area contributed by atoms with Crippen molar-refractivity contribution >= 4 is 16.3 Å². The van der Waals surface area contributed by atoms with Gasteiger partial charge in [0.1, 0.15) is 16.5 Å². The highest BCUT2D eigenvalue weighted by Crippen LogP contribution is 2.42. The van der Waals surface area contributed by atoms with Crippen LogP contribution in [0.5, 0.6) is 11.5 Å². The van der Waals surface area contributed by atoms with Gasteiger partial charge in [0.05, 0.1) is 14.2 Å². The van der Waals surface area contributed by atoms with Crippen molar-refractivity contribution in [3.63, 3.8) is 0 Å². The molecule has 3 aromatic rings. The van der Waals surface area contributed by atoms with Crippen LogP contribution in [0.4, 0.5) is 0 Å². The van der Waals surface area contributed by atoms with Crippen LogP contribution in [0.3, 0.4) is 0 Å². The fourth-order valence-electron chi connectivity index (χ4n) is 2.24. The third-order valence-corrected chi connectivity index (χ3v) is 4.60. The lowest BCUT2D eigenvalue weighted by atomic mass is 10.2. The van der Waals surface area contributed by atoms with Gasteiger partial charge in [0.2, 0.25) is 4.96 Å². The lowest BCUT2D eigenvalue weighted by Gasteiger charge is -2.06. The molecule has 21 heavy (non-hydrogen) atoms. The highest BCUT2D eigenvalue weighted by Gasteiger charge is 2.28. The Morgan fingerprint density at radius 1 is 1.10 bits per heavy atom. The molecule has 0 amide bonds. The number of hydrogen-bond acceptors (Lipinski definition) is 6. The van der Waals surface area contributed by atoms with Gasteiger partial charge in [-0.1, -0.05) is 11.3 Å². The predicted molar refractivity (Wildman–Crippen MR) is 79.2 cm³/mol. The van der Waals surface area contributed by atoms with Crippen molar-refractivity contribution in [3.05, 3.63) is 23.2 Å². The number of ether oxygens (including phenoxy) is 2. The first-order chi connectivity index (χ1) is 10.3. The summed E-state index contributed by atoms with van der Waals surface area (Å²) in [5.41, 5.74) is 0.881. The summed E-state index contributed by atoms with van der Waals surface area (Å²) < 4.78 is 12.4. The Kier molecular flexibility index (Phi) is 2.81. The van der Waals surface area contributed by atoms with Gasteiger partial charge in [-0.2, -0.15) is 9.61 Å². The standard InChI is InChI=1S/C14H14N4O2S/c1-19-10-5-9(6-11(7-10)20-2)12-15-16-14-18(12)17-13(21-14)8-3-4-8/h5-8H,3-4H2,1-2H3. The molecule has 1 fully saturated rings. The van der Waals surface area contributed by atoms with E-state index in [0.717, 1.165) is 27.0 Å². The zero-order chi connectivity index (χ0) is 14.4. The molecule has 7 heteroatoms. The highest BCUT2D eigenvalue weighted by atomic mass is 32.1. The van der Waals surface area contributed by atoms with E-state index in [1.165, 1.54) is 12.8 Å². The zero-order valence-corrected chi connectivity index (χ0v) is 12.6. The Labute approximate surface area is 125 Å². The van der Waals surface area contributed by atoms with Crippen LogP contribution in [0, 0.1) is 0 Å². The Balaban J connectivity index is 1.84. The first kappa shape index (κ1) is 12.6. The zero-order valence-electron chi connectivity index (χ0n) is 11.7. The maximum Gasteiger partial charge on any atom is 0.234 e. The van der Waals surface area contributed by atoms with E-state index >= 15 is 0 Å². The van der Waals surface area contributed by atoms with Gasteiger partial charge in [0.15, 0.2) is 5.82 Å². The van der Waals surface area contributed by atoms with Crippen LogP contribution in [0.1, 0.15) is 23.8 Å². The van der Waals surface area contributed by atoms with E-state index in [9.17, 15) is 0 Å². The Morgan fingerprint density at radius 3 is 2.43 bits per heavy atom. The summed E-state index contributed by atoms with van der Waals surface area (Å²) in [5, 5.41) is 14.3. The van der Waals surface area contributed by atoms with Crippen molar-refractivity contribution in [1.29, 1.82) is 0 Å². The summed E-state index contributed by atoms with van der Waals surface area (Å²) in [7, 11) is 3.26. The molecule has 0 unspecified atom stereocenters. The van der Waals surface area contributed by atoms with Gasteiger partial charge in [0, 0.05) is 17.5 Å². The summed E-state index contributed by atoms with van der Waals surface area (Å²) in [4.78, 5) is 0.827. The van der Waals surface area contributed by atoms with Crippen LogP contribution in [0.15, 0.2) is 18.2 Å². The summed E-state index contributed by atoms with van der Waals surface area (Å²) >= 11 is 1.62. The molecule has 2 heterocycles. The third kappa shape index (κ3) is 2.13. The predicted octanol–water partition coefficient (Wildman–Crippen LogP) is 2.75. The number of hydrogen-bond donors (Lipinski definition) is 0. The Bertz CT molecular complexity index is 784. The van der Waals surface area contributed by atoms with Gasteiger partial charge in [-0.3, -0.25) is 0 Å². The molecule has 0 spiro atoms. The van der Waals surface area contributed by atoms with E-state index in [1.807, 2.05) is 22.7 Å². The van der Waals surface area contributed by atoms with Crippen molar-refractivity contribution in [3.8, 4) is 22.9 Å². The van der Waals surface area contributed by atoms with E-state index in [-0.39, 0.29) is 0 Å². The minimum absolute atomic E-state index is 0.615. The van der Waals surface area contributed by atoms with Crippen LogP contribution in [0.25, 0.3) is 16.3 Å². The molecule has 6 nitrogen and oxygen atoms in total. The Hall–Kier alpha value is -2.15. The van der Waals surface area contributed by atoms with Gasteiger partial charge in [-0.15, -0.1) is 10.2 Å². The lowest BCUT2D eigenvalue weighted by Crippen LogP contribution is -1.94. The topological polar surface area (TPSA) is 61.5 Å². The quantitative estimate of drug-likeness (QED) is 0.741. The maximum atomic E-state index is 5.31. The van der Waals surface area contributed by atoms with E-state index in [2.05, 4.69) is 15.3 Å².